The van der Waals surface area contributed by atoms with Crippen LogP contribution in [-0.4, -0.2) is 74.0 Å². The third-order valence-electron chi connectivity index (χ3n) is 6.60. The van der Waals surface area contributed by atoms with Crippen molar-refractivity contribution in [1.82, 2.24) is 10.2 Å². The number of aliphatic carboxylic acids is 1. The van der Waals surface area contributed by atoms with Crippen LogP contribution >= 0.6 is 11.8 Å². The van der Waals surface area contributed by atoms with Crippen LogP contribution in [0.4, 0.5) is 5.69 Å². The van der Waals surface area contributed by atoms with Gasteiger partial charge in [0.05, 0.1) is 29.7 Å². The summed E-state index contributed by atoms with van der Waals surface area (Å²) >= 11 is 1.36. The number of aliphatic hydroxyl groups is 1. The second-order valence-corrected chi connectivity index (χ2v) is 10.4. The number of nitrogens with zero attached hydrogens (tertiary/aromatic N) is 1. The van der Waals surface area contributed by atoms with E-state index in [4.69, 9.17) is 0 Å². The molecule has 6 unspecified atom stereocenters. The van der Waals surface area contributed by atoms with Crippen molar-refractivity contribution in [2.24, 2.45) is 11.8 Å². The lowest BCUT2D eigenvalue weighted by molar-refractivity contribution is -0.163. The fourth-order valence-corrected chi connectivity index (χ4v) is 6.54. The Kier molecular flexibility index (Phi) is 6.45. The van der Waals surface area contributed by atoms with Crippen LogP contribution in [0.3, 0.4) is 0 Å². The largest absolute Gasteiger partial charge is 0.478 e. The topological polar surface area (TPSA) is 156 Å². The Hall–Kier alpha value is -2.89. The first kappa shape index (κ1) is 24.2. The van der Waals surface area contributed by atoms with Crippen LogP contribution in [0, 0.1) is 18.8 Å². The van der Waals surface area contributed by atoms with E-state index in [1.807, 2.05) is 6.92 Å². The molecule has 3 aliphatic heterocycles. The van der Waals surface area contributed by atoms with Gasteiger partial charge in [0, 0.05) is 28.3 Å². The summed E-state index contributed by atoms with van der Waals surface area (Å²) in [7, 11) is 0. The molecule has 2 fully saturated rings. The molecule has 0 bridgehead atoms. The number of aryl methyl sites for hydroxylation is 1. The number of carboxylic acid groups (broad SMARTS) is 2. The van der Waals surface area contributed by atoms with Crippen molar-refractivity contribution in [3.8, 4) is 0 Å². The first-order valence-corrected chi connectivity index (χ1v) is 11.9. The highest BCUT2D eigenvalue weighted by atomic mass is 32.2. The van der Waals surface area contributed by atoms with Gasteiger partial charge >= 0.3 is 11.9 Å². The molecule has 3 heterocycles. The third-order valence-corrected chi connectivity index (χ3v) is 8.12. The number of benzene rings is 1. The smallest absolute Gasteiger partial charge is 0.353 e. The van der Waals surface area contributed by atoms with Crippen molar-refractivity contribution >= 4 is 41.2 Å². The Bertz CT molecular complexity index is 1100. The molecule has 0 aliphatic carbocycles. The lowest BCUT2D eigenvalue weighted by Crippen LogP contribution is -2.63. The Labute approximate surface area is 200 Å². The van der Waals surface area contributed by atoms with Gasteiger partial charge in [0.25, 0.3) is 0 Å². The average Bonchev–Trinajstić information content (AvgIpc) is 3.29. The van der Waals surface area contributed by atoms with Crippen LogP contribution < -0.4 is 10.6 Å². The van der Waals surface area contributed by atoms with Gasteiger partial charge in [0.2, 0.25) is 11.8 Å². The second kappa shape index (κ2) is 9.05. The van der Waals surface area contributed by atoms with Crippen LogP contribution in [-0.2, 0) is 14.4 Å². The maximum absolute atomic E-state index is 12.8. The minimum Gasteiger partial charge on any atom is -0.478 e. The molecule has 0 aromatic heterocycles. The highest BCUT2D eigenvalue weighted by Gasteiger charge is 2.60. The van der Waals surface area contributed by atoms with Gasteiger partial charge in [-0.25, -0.2) is 9.59 Å². The van der Waals surface area contributed by atoms with Crippen LogP contribution in [0.5, 0.6) is 0 Å². The molecule has 2 amide bonds. The Morgan fingerprint density at radius 2 is 1.91 bits per heavy atom. The van der Waals surface area contributed by atoms with Crippen molar-refractivity contribution in [3.63, 3.8) is 0 Å². The molecule has 1 aromatic rings. The highest BCUT2D eigenvalue weighted by Crippen LogP contribution is 2.51. The molecule has 5 N–H and O–H groups in total. The number of rotatable bonds is 7. The first-order valence-electron chi connectivity index (χ1n) is 11.0. The van der Waals surface area contributed by atoms with Crippen molar-refractivity contribution in [2.45, 2.75) is 50.6 Å². The molecular formula is C23H27N3O7S. The minimum absolute atomic E-state index is 0.0294. The zero-order valence-corrected chi connectivity index (χ0v) is 19.8. The summed E-state index contributed by atoms with van der Waals surface area (Å²) in [5.74, 6) is -3.78. The molecule has 3 aliphatic rings. The molecular weight excluding hydrogens is 462 g/mol. The zero-order chi connectivity index (χ0) is 24.9. The lowest BCUT2D eigenvalue weighted by Gasteiger charge is -2.46. The molecule has 6 atom stereocenters. The molecule has 11 heteroatoms. The summed E-state index contributed by atoms with van der Waals surface area (Å²) in [5.41, 5.74) is 1.16. The highest BCUT2D eigenvalue weighted by molar-refractivity contribution is 8.03. The van der Waals surface area contributed by atoms with Crippen molar-refractivity contribution in [3.05, 3.63) is 39.9 Å². The van der Waals surface area contributed by atoms with Crippen LogP contribution in [0.2, 0.25) is 0 Å². The zero-order valence-electron chi connectivity index (χ0n) is 18.9. The maximum Gasteiger partial charge on any atom is 0.353 e. The summed E-state index contributed by atoms with van der Waals surface area (Å²) in [4.78, 5) is 50.4. The molecule has 34 heavy (non-hydrogen) atoms. The SMILES string of the molecule is Cc1cc(NC(=O)C2CC(SC3=C(C(=O)O)N4C(=O)C(C(C)O)C4C3C)CN2)cc(C(=O)O)c1. The normalized spacial score (nSPS) is 29.0. The van der Waals surface area contributed by atoms with Gasteiger partial charge in [-0.3, -0.25) is 9.59 Å². The predicted molar refractivity (Wildman–Crippen MR) is 124 cm³/mol. The second-order valence-electron chi connectivity index (χ2n) is 9.09. The molecule has 10 nitrogen and oxygen atoms in total. The van der Waals surface area contributed by atoms with Gasteiger partial charge in [-0.05, 0) is 44.0 Å². The van der Waals surface area contributed by atoms with E-state index < -0.39 is 30.0 Å². The number of hydrogen-bond donors (Lipinski definition) is 5. The van der Waals surface area contributed by atoms with Crippen LogP contribution in [0.15, 0.2) is 28.8 Å². The van der Waals surface area contributed by atoms with Crippen molar-refractivity contribution < 1.29 is 34.5 Å². The van der Waals surface area contributed by atoms with Gasteiger partial charge in [-0.1, -0.05) is 6.92 Å². The summed E-state index contributed by atoms with van der Waals surface area (Å²) in [5, 5.41) is 34.8. The minimum atomic E-state index is -1.18. The summed E-state index contributed by atoms with van der Waals surface area (Å²) < 4.78 is 0. The maximum atomic E-state index is 12.8. The Morgan fingerprint density at radius 3 is 2.53 bits per heavy atom. The number of carboxylic acids is 2. The summed E-state index contributed by atoms with van der Waals surface area (Å²) in [6.45, 7) is 5.62. The van der Waals surface area contributed by atoms with E-state index in [0.29, 0.717) is 29.1 Å². The molecule has 0 spiro atoms. The fourth-order valence-electron chi connectivity index (χ4n) is 5.06. The van der Waals surface area contributed by atoms with Gasteiger partial charge in [0.15, 0.2) is 0 Å². The monoisotopic (exact) mass is 489 g/mol. The Morgan fingerprint density at radius 1 is 1.21 bits per heavy atom. The molecule has 4 rings (SSSR count). The summed E-state index contributed by atoms with van der Waals surface area (Å²) in [6, 6.07) is 3.71. The first-order chi connectivity index (χ1) is 16.0. The quantitative estimate of drug-likeness (QED) is 0.356. The number of amides is 2. The number of nitrogens with one attached hydrogen (secondary N) is 2. The number of carbonyl (C=O) groups is 4. The van der Waals surface area contributed by atoms with E-state index >= 15 is 0 Å². The van der Waals surface area contributed by atoms with Crippen LogP contribution in [0.1, 0.15) is 36.2 Å². The van der Waals surface area contributed by atoms with E-state index in [1.54, 1.807) is 13.0 Å². The van der Waals surface area contributed by atoms with Crippen molar-refractivity contribution in [2.75, 3.05) is 11.9 Å². The number of carbonyl (C=O) groups excluding carboxylic acids is 2. The lowest BCUT2D eigenvalue weighted by atomic mass is 9.79. The number of aliphatic hydroxyl groups excluding tert-OH is 1. The number of thioether (sulfide) groups is 1. The van der Waals surface area contributed by atoms with E-state index in [9.17, 15) is 34.5 Å². The van der Waals surface area contributed by atoms with Gasteiger partial charge in [-0.2, -0.15) is 0 Å². The number of aromatic carboxylic acids is 1. The van der Waals surface area contributed by atoms with Crippen LogP contribution in [0.25, 0.3) is 0 Å². The molecule has 2 saturated heterocycles. The third kappa shape index (κ3) is 4.19. The van der Waals surface area contributed by atoms with Gasteiger partial charge < -0.3 is 30.9 Å². The van der Waals surface area contributed by atoms with E-state index in [0.717, 1.165) is 0 Å². The summed E-state index contributed by atoms with van der Waals surface area (Å²) in [6.07, 6.45) is -0.421. The standard InChI is InChI=1S/C23H27N3O7S/c1-9-4-12(22(30)31)6-13(5-9)25-20(28)15-7-14(8-24-15)34-19-10(2)17-16(11(3)27)21(29)26(17)18(19)23(32)33/h4-6,10-11,14-17,24,27H,7-8H2,1-3H3,(H,25,28)(H,30,31)(H,32,33). The molecule has 182 valence electrons. The van der Waals surface area contributed by atoms with Crippen molar-refractivity contribution in [1.29, 1.82) is 0 Å². The predicted octanol–water partition coefficient (Wildman–Crippen LogP) is 1.25. The molecule has 0 saturated carbocycles. The number of anilines is 1. The van der Waals surface area contributed by atoms with E-state index in [2.05, 4.69) is 10.6 Å². The Balaban J connectivity index is 1.44. The fraction of sp³-hybridized carbons (Fsp3) is 0.478. The van der Waals surface area contributed by atoms with Gasteiger partial charge in [0.1, 0.15) is 5.70 Å². The average molecular weight is 490 g/mol. The molecule has 1 aromatic carbocycles. The van der Waals surface area contributed by atoms with Gasteiger partial charge in [-0.15, -0.1) is 11.8 Å². The number of fused-ring (bicyclic) bond motifs is 1. The van der Waals surface area contributed by atoms with E-state index in [1.165, 1.54) is 35.7 Å². The molecule has 0 radical (unpaired) electrons. The van der Waals surface area contributed by atoms with E-state index in [-0.39, 0.29) is 40.3 Å². The number of β-lactam (4-membered cyclic amide) rings is 1. The number of hydrogen-bond acceptors (Lipinski definition) is 7.